The van der Waals surface area contributed by atoms with Crippen molar-refractivity contribution in [2.75, 3.05) is 18.8 Å². The van der Waals surface area contributed by atoms with E-state index in [1.165, 1.54) is 28.3 Å². The molecular formula is C21H27N5O3S2. The maximum Gasteiger partial charge on any atom is 0.244 e. The maximum atomic E-state index is 12.8. The fraction of sp³-hybridized carbons (Fsp3) is 0.381. The lowest BCUT2D eigenvalue weighted by atomic mass is 10.2. The van der Waals surface area contributed by atoms with Crippen molar-refractivity contribution < 1.29 is 13.2 Å². The minimum absolute atomic E-state index is 0.0166. The second-order valence-electron chi connectivity index (χ2n) is 7.06. The molecule has 3 aromatic heterocycles. The number of sulfonamides is 1. The van der Waals surface area contributed by atoms with E-state index in [1.807, 2.05) is 24.5 Å². The highest BCUT2D eigenvalue weighted by atomic mass is 32.2. The standard InChI is InChI=1S/C21H27N5O3S2/c1-6-11-25-15(4)12-18(16(25)5)19(27)14-30-21-23-22-20-10-9-17(13-26(20)21)31(28,29)24(7-2)8-3/h6,9-10,12-13H,1,7-8,11,14H2,2-5H3. The average Bonchev–Trinajstić information content (AvgIpc) is 3.28. The molecular weight excluding hydrogens is 434 g/mol. The molecule has 0 radical (unpaired) electrons. The first-order valence-electron chi connectivity index (χ1n) is 10.0. The quantitative estimate of drug-likeness (QED) is 0.261. The molecule has 10 heteroatoms. The van der Waals surface area contributed by atoms with E-state index < -0.39 is 10.0 Å². The topological polar surface area (TPSA) is 89.6 Å². The molecule has 3 heterocycles. The van der Waals surface area contributed by atoms with Crippen molar-refractivity contribution in [2.24, 2.45) is 0 Å². The van der Waals surface area contributed by atoms with Crippen LogP contribution in [0.5, 0.6) is 0 Å². The lowest BCUT2D eigenvalue weighted by Crippen LogP contribution is -2.30. The number of hydrogen-bond acceptors (Lipinski definition) is 6. The lowest BCUT2D eigenvalue weighted by molar-refractivity contribution is 0.102. The van der Waals surface area contributed by atoms with E-state index in [1.54, 1.807) is 30.4 Å². The van der Waals surface area contributed by atoms with Crippen LogP contribution >= 0.6 is 11.8 Å². The Bertz CT molecular complexity index is 1220. The molecule has 0 spiro atoms. The molecule has 0 aromatic carbocycles. The van der Waals surface area contributed by atoms with Crippen molar-refractivity contribution in [3.05, 3.63) is 54.0 Å². The van der Waals surface area contributed by atoms with Crippen molar-refractivity contribution in [3.8, 4) is 0 Å². The van der Waals surface area contributed by atoms with Gasteiger partial charge in [0.1, 0.15) is 0 Å². The fourth-order valence-corrected chi connectivity index (χ4v) is 5.77. The largest absolute Gasteiger partial charge is 0.345 e. The van der Waals surface area contributed by atoms with Gasteiger partial charge in [-0.3, -0.25) is 9.20 Å². The van der Waals surface area contributed by atoms with Gasteiger partial charge in [0.05, 0.1) is 10.6 Å². The Kier molecular flexibility index (Phi) is 7.03. The predicted octanol–water partition coefficient (Wildman–Crippen LogP) is 3.34. The Morgan fingerprint density at radius 3 is 2.58 bits per heavy atom. The highest BCUT2D eigenvalue weighted by Gasteiger charge is 2.23. The molecule has 0 fully saturated rings. The molecule has 0 N–H and O–H groups in total. The van der Waals surface area contributed by atoms with Crippen molar-refractivity contribution >= 4 is 33.2 Å². The van der Waals surface area contributed by atoms with Gasteiger partial charge in [-0.15, -0.1) is 16.8 Å². The molecule has 31 heavy (non-hydrogen) atoms. The number of ketones is 1. The lowest BCUT2D eigenvalue weighted by Gasteiger charge is -2.18. The summed E-state index contributed by atoms with van der Waals surface area (Å²) in [5, 5.41) is 8.71. The van der Waals surface area contributed by atoms with E-state index in [9.17, 15) is 13.2 Å². The zero-order valence-corrected chi connectivity index (χ0v) is 19.8. The zero-order valence-electron chi connectivity index (χ0n) is 18.2. The van der Waals surface area contributed by atoms with E-state index in [-0.39, 0.29) is 16.4 Å². The average molecular weight is 462 g/mol. The van der Waals surface area contributed by atoms with Crippen molar-refractivity contribution in [2.45, 2.75) is 44.3 Å². The van der Waals surface area contributed by atoms with Gasteiger partial charge in [0, 0.05) is 42.8 Å². The molecule has 0 aliphatic heterocycles. The van der Waals surface area contributed by atoms with Gasteiger partial charge in [-0.05, 0) is 32.0 Å². The van der Waals surface area contributed by atoms with Gasteiger partial charge in [-0.1, -0.05) is 31.7 Å². The Labute approximate surface area is 187 Å². The number of thioether (sulfide) groups is 1. The number of aromatic nitrogens is 4. The number of aryl methyl sites for hydroxylation is 1. The third-order valence-electron chi connectivity index (χ3n) is 5.21. The minimum Gasteiger partial charge on any atom is -0.345 e. The number of Topliss-reactive ketones (excluding diaryl/α,β-unsaturated/α-hetero) is 1. The smallest absolute Gasteiger partial charge is 0.244 e. The van der Waals surface area contributed by atoms with E-state index >= 15 is 0 Å². The normalized spacial score (nSPS) is 12.0. The van der Waals surface area contributed by atoms with Crippen LogP contribution in [0.2, 0.25) is 0 Å². The Morgan fingerprint density at radius 1 is 1.23 bits per heavy atom. The summed E-state index contributed by atoms with van der Waals surface area (Å²) < 4.78 is 30.8. The first kappa shape index (κ1) is 23.2. The molecule has 0 unspecified atom stereocenters. The van der Waals surface area contributed by atoms with Crippen LogP contribution in [0.25, 0.3) is 5.65 Å². The van der Waals surface area contributed by atoms with Gasteiger partial charge in [0.15, 0.2) is 16.6 Å². The van der Waals surface area contributed by atoms with Crippen molar-refractivity contribution in [3.63, 3.8) is 0 Å². The summed E-state index contributed by atoms with van der Waals surface area (Å²) in [6.07, 6.45) is 3.32. The fourth-order valence-electron chi connectivity index (χ4n) is 3.52. The number of carbonyl (C=O) groups is 1. The second kappa shape index (κ2) is 9.37. The Balaban J connectivity index is 1.85. The molecule has 3 rings (SSSR count). The van der Waals surface area contributed by atoms with Crippen molar-refractivity contribution in [1.29, 1.82) is 0 Å². The summed E-state index contributed by atoms with van der Waals surface area (Å²) in [6, 6.07) is 5.04. The van der Waals surface area contributed by atoms with E-state index in [4.69, 9.17) is 0 Å². The Morgan fingerprint density at radius 2 is 1.94 bits per heavy atom. The van der Waals surface area contributed by atoms with Crippen LogP contribution in [-0.4, -0.2) is 56.5 Å². The highest BCUT2D eigenvalue weighted by molar-refractivity contribution is 7.99. The van der Waals surface area contributed by atoms with Crippen LogP contribution in [0.15, 0.2) is 47.1 Å². The number of allylic oxidation sites excluding steroid dienone is 1. The highest BCUT2D eigenvalue weighted by Crippen LogP contribution is 2.23. The third-order valence-corrected chi connectivity index (χ3v) is 8.18. The molecule has 3 aromatic rings. The van der Waals surface area contributed by atoms with Gasteiger partial charge in [0.2, 0.25) is 10.0 Å². The number of pyridine rings is 1. The van der Waals surface area contributed by atoms with Gasteiger partial charge in [0.25, 0.3) is 0 Å². The minimum atomic E-state index is -3.60. The maximum absolute atomic E-state index is 12.8. The summed E-state index contributed by atoms with van der Waals surface area (Å²) in [4.78, 5) is 13.0. The molecule has 8 nitrogen and oxygen atoms in total. The van der Waals surface area contributed by atoms with Crippen LogP contribution in [-0.2, 0) is 16.6 Å². The summed E-state index contributed by atoms with van der Waals surface area (Å²) in [5.74, 6) is 0.156. The summed E-state index contributed by atoms with van der Waals surface area (Å²) in [5.41, 5.74) is 3.11. The van der Waals surface area contributed by atoms with Gasteiger partial charge in [-0.25, -0.2) is 8.42 Å². The number of carbonyl (C=O) groups excluding carboxylic acids is 1. The van der Waals surface area contributed by atoms with E-state index in [0.29, 0.717) is 36.0 Å². The van der Waals surface area contributed by atoms with Crippen LogP contribution in [0.3, 0.4) is 0 Å². The zero-order chi connectivity index (χ0) is 22.8. The molecule has 0 amide bonds. The Hall–Kier alpha value is -2.43. The van der Waals surface area contributed by atoms with Crippen LogP contribution in [0, 0.1) is 13.8 Å². The molecule has 166 valence electrons. The van der Waals surface area contributed by atoms with Gasteiger partial charge < -0.3 is 4.57 Å². The molecule has 0 saturated carbocycles. The van der Waals surface area contributed by atoms with Gasteiger partial charge in [-0.2, -0.15) is 4.31 Å². The molecule has 0 atom stereocenters. The summed E-state index contributed by atoms with van der Waals surface area (Å²) >= 11 is 1.24. The van der Waals surface area contributed by atoms with Crippen LogP contribution in [0.1, 0.15) is 35.6 Å². The van der Waals surface area contributed by atoms with E-state index in [0.717, 1.165) is 11.4 Å². The summed E-state index contributed by atoms with van der Waals surface area (Å²) in [6.45, 7) is 12.7. The number of rotatable bonds is 10. The summed E-state index contributed by atoms with van der Waals surface area (Å²) in [7, 11) is -3.60. The molecule has 0 aliphatic carbocycles. The monoisotopic (exact) mass is 461 g/mol. The van der Waals surface area contributed by atoms with Crippen LogP contribution in [0.4, 0.5) is 0 Å². The third kappa shape index (κ3) is 4.46. The van der Waals surface area contributed by atoms with Crippen LogP contribution < -0.4 is 0 Å². The number of nitrogens with zero attached hydrogens (tertiary/aromatic N) is 5. The number of hydrogen-bond donors (Lipinski definition) is 0. The SMILES string of the molecule is C=CCn1c(C)cc(C(=O)CSc2nnc3ccc(S(=O)(=O)N(CC)CC)cn23)c1C. The number of fused-ring (bicyclic) bond motifs is 1. The predicted molar refractivity (Wildman–Crippen MR) is 122 cm³/mol. The first-order valence-corrected chi connectivity index (χ1v) is 12.5. The first-order chi connectivity index (χ1) is 14.7. The van der Waals surface area contributed by atoms with Crippen molar-refractivity contribution in [1.82, 2.24) is 23.5 Å². The molecule has 0 saturated heterocycles. The van der Waals surface area contributed by atoms with Gasteiger partial charge >= 0.3 is 0 Å². The molecule has 0 bridgehead atoms. The van der Waals surface area contributed by atoms with E-state index in [2.05, 4.69) is 16.8 Å². The second-order valence-corrected chi connectivity index (χ2v) is 9.94. The molecule has 0 aliphatic rings.